The number of thiazole rings is 1. The summed E-state index contributed by atoms with van der Waals surface area (Å²) in [7, 11) is 0.235. The molecule has 0 bridgehead atoms. The fourth-order valence-corrected chi connectivity index (χ4v) is 3.02. The highest BCUT2D eigenvalue weighted by molar-refractivity contribution is 7.84. The first-order valence-corrected chi connectivity index (χ1v) is 8.86. The van der Waals surface area contributed by atoms with Crippen molar-refractivity contribution in [2.45, 2.75) is 18.4 Å². The van der Waals surface area contributed by atoms with E-state index in [9.17, 15) is 13.4 Å². The number of urea groups is 1. The van der Waals surface area contributed by atoms with Crippen LogP contribution < -0.4 is 5.32 Å². The Balaban J connectivity index is 2.02. The van der Waals surface area contributed by atoms with Gasteiger partial charge in [-0.05, 0) is 25.1 Å². The quantitative estimate of drug-likeness (QED) is 0.930. The predicted octanol–water partition coefficient (Wildman–Crippen LogP) is 2.99. The van der Waals surface area contributed by atoms with E-state index in [1.54, 1.807) is 7.05 Å². The topological polar surface area (TPSA) is 62.3 Å². The Morgan fingerprint density at radius 2 is 2.23 bits per heavy atom. The van der Waals surface area contributed by atoms with Gasteiger partial charge < -0.3 is 10.2 Å². The van der Waals surface area contributed by atoms with Crippen LogP contribution in [0.15, 0.2) is 28.5 Å². The van der Waals surface area contributed by atoms with E-state index < -0.39 is 16.6 Å². The third-order valence-electron chi connectivity index (χ3n) is 2.91. The van der Waals surface area contributed by atoms with E-state index in [2.05, 4.69) is 10.3 Å². The molecule has 8 heteroatoms. The summed E-state index contributed by atoms with van der Waals surface area (Å²) in [6.07, 6.45) is 1.40. The smallest absolute Gasteiger partial charge is 0.321 e. The molecule has 22 heavy (non-hydrogen) atoms. The summed E-state index contributed by atoms with van der Waals surface area (Å²) in [6.45, 7) is 2.27. The van der Waals surface area contributed by atoms with Crippen molar-refractivity contribution in [1.82, 2.24) is 9.88 Å². The maximum absolute atomic E-state index is 13.7. The van der Waals surface area contributed by atoms with Crippen LogP contribution in [0.1, 0.15) is 10.7 Å². The summed E-state index contributed by atoms with van der Waals surface area (Å²) in [5, 5.41) is 5.43. The number of halogens is 1. The van der Waals surface area contributed by atoms with Gasteiger partial charge in [0.25, 0.3) is 0 Å². The number of carbonyl (C=O) groups is 1. The molecule has 0 spiro atoms. The number of anilines is 1. The maximum atomic E-state index is 13.7. The lowest BCUT2D eigenvalue weighted by Crippen LogP contribution is -2.31. The van der Waals surface area contributed by atoms with E-state index in [4.69, 9.17) is 0 Å². The number of benzene rings is 1. The van der Waals surface area contributed by atoms with Crippen molar-refractivity contribution >= 4 is 33.9 Å². The minimum absolute atomic E-state index is 0.115. The summed E-state index contributed by atoms with van der Waals surface area (Å²) in [4.78, 5) is 17.9. The molecule has 0 radical (unpaired) electrons. The van der Waals surface area contributed by atoms with Crippen molar-refractivity contribution in [2.24, 2.45) is 0 Å². The zero-order valence-electron chi connectivity index (χ0n) is 12.4. The number of nitrogens with zero attached hydrogens (tertiary/aromatic N) is 2. The number of aromatic nitrogens is 1. The lowest BCUT2D eigenvalue weighted by Gasteiger charge is -2.17. The summed E-state index contributed by atoms with van der Waals surface area (Å²) >= 11 is 1.52. The number of nitrogens with one attached hydrogen (secondary N) is 1. The molecule has 0 aliphatic heterocycles. The molecule has 1 atom stereocenters. The molecule has 5 nitrogen and oxygen atoms in total. The van der Waals surface area contributed by atoms with Gasteiger partial charge >= 0.3 is 6.03 Å². The summed E-state index contributed by atoms with van der Waals surface area (Å²) < 4.78 is 25.0. The molecule has 0 aliphatic rings. The van der Waals surface area contributed by atoms with Crippen LogP contribution in [0.2, 0.25) is 0 Å². The second kappa shape index (κ2) is 6.97. The Kier molecular flexibility index (Phi) is 5.25. The van der Waals surface area contributed by atoms with Crippen LogP contribution in [-0.4, -0.2) is 33.4 Å². The Hall–Kier alpha value is -1.80. The second-order valence-electron chi connectivity index (χ2n) is 4.74. The van der Waals surface area contributed by atoms with Gasteiger partial charge in [0.15, 0.2) is 0 Å². The molecule has 2 aromatic rings. The van der Waals surface area contributed by atoms with Crippen LogP contribution in [0.5, 0.6) is 0 Å². The Bertz CT molecular complexity index is 718. The number of hydrogen-bond donors (Lipinski definition) is 1. The molecule has 0 aliphatic carbocycles. The number of amides is 2. The van der Waals surface area contributed by atoms with E-state index in [-0.39, 0.29) is 10.9 Å². The minimum Gasteiger partial charge on any atom is -0.322 e. The second-order valence-corrected chi connectivity index (χ2v) is 7.15. The fraction of sp³-hybridized carbons (Fsp3) is 0.286. The predicted molar refractivity (Wildman–Crippen MR) is 86.1 cm³/mol. The van der Waals surface area contributed by atoms with Crippen molar-refractivity contribution in [3.05, 3.63) is 40.1 Å². The van der Waals surface area contributed by atoms with Gasteiger partial charge in [-0.2, -0.15) is 0 Å². The lowest BCUT2D eigenvalue weighted by molar-refractivity contribution is 0.220. The standard InChI is InChI=1S/C14H16FN3O2S2/c1-9-16-11(8-21-9)7-18(2)14(19)17-10-4-5-13(22(3)20)12(15)6-10/h4-6,8H,7H2,1-3H3,(H,17,19). The highest BCUT2D eigenvalue weighted by atomic mass is 32.2. The molecular weight excluding hydrogens is 325 g/mol. The molecule has 1 unspecified atom stereocenters. The SMILES string of the molecule is Cc1nc(CN(C)C(=O)Nc2ccc(S(C)=O)c(F)c2)cs1. The van der Waals surface area contributed by atoms with Gasteiger partial charge in [-0.1, -0.05) is 0 Å². The third-order valence-corrected chi connectivity index (χ3v) is 4.68. The van der Waals surface area contributed by atoms with E-state index in [0.29, 0.717) is 12.2 Å². The molecule has 118 valence electrons. The van der Waals surface area contributed by atoms with Crippen molar-refractivity contribution < 1.29 is 13.4 Å². The van der Waals surface area contributed by atoms with Gasteiger partial charge in [0.1, 0.15) is 5.82 Å². The minimum atomic E-state index is -1.40. The van der Waals surface area contributed by atoms with E-state index in [1.165, 1.54) is 34.6 Å². The summed E-state index contributed by atoms with van der Waals surface area (Å²) in [5.74, 6) is -0.601. The van der Waals surface area contributed by atoms with Crippen molar-refractivity contribution in [3.63, 3.8) is 0 Å². The lowest BCUT2D eigenvalue weighted by atomic mass is 10.3. The molecule has 2 rings (SSSR count). The van der Waals surface area contributed by atoms with Gasteiger partial charge in [-0.3, -0.25) is 4.21 Å². The highest BCUT2D eigenvalue weighted by Crippen LogP contribution is 2.17. The first-order chi connectivity index (χ1) is 10.4. The molecule has 0 saturated heterocycles. The van der Waals surface area contributed by atoms with E-state index in [0.717, 1.165) is 16.8 Å². The molecule has 0 fully saturated rings. The Morgan fingerprint density at radius 1 is 1.50 bits per heavy atom. The average molecular weight is 341 g/mol. The zero-order chi connectivity index (χ0) is 16.3. The fourth-order valence-electron chi connectivity index (χ4n) is 1.83. The first kappa shape index (κ1) is 16.6. The van der Waals surface area contributed by atoms with Crippen LogP contribution in [0.3, 0.4) is 0 Å². The molecule has 1 N–H and O–H groups in total. The molecule has 1 aromatic carbocycles. The van der Waals surface area contributed by atoms with Crippen molar-refractivity contribution in [2.75, 3.05) is 18.6 Å². The monoisotopic (exact) mass is 341 g/mol. The Morgan fingerprint density at radius 3 is 2.77 bits per heavy atom. The highest BCUT2D eigenvalue weighted by Gasteiger charge is 2.13. The van der Waals surface area contributed by atoms with Crippen molar-refractivity contribution in [1.29, 1.82) is 0 Å². The largest absolute Gasteiger partial charge is 0.322 e. The normalized spacial score (nSPS) is 12.0. The number of hydrogen-bond acceptors (Lipinski definition) is 4. The van der Waals surface area contributed by atoms with Crippen LogP contribution in [-0.2, 0) is 17.3 Å². The van der Waals surface area contributed by atoms with Gasteiger partial charge in [0.2, 0.25) is 0 Å². The maximum Gasteiger partial charge on any atom is 0.321 e. The molecule has 1 aromatic heterocycles. The van der Waals surface area contributed by atoms with Crippen LogP contribution in [0.4, 0.5) is 14.9 Å². The average Bonchev–Trinajstić information content (AvgIpc) is 2.83. The van der Waals surface area contributed by atoms with Crippen molar-refractivity contribution in [3.8, 4) is 0 Å². The zero-order valence-corrected chi connectivity index (χ0v) is 14.1. The molecule has 2 amide bonds. The Labute approximate surface area is 134 Å². The van der Waals surface area contributed by atoms with Gasteiger partial charge in [0, 0.05) is 24.4 Å². The molecular formula is C14H16FN3O2S2. The number of aryl methyl sites for hydroxylation is 1. The van der Waals surface area contributed by atoms with Crippen LogP contribution in [0.25, 0.3) is 0 Å². The van der Waals surface area contributed by atoms with Gasteiger partial charge in [-0.15, -0.1) is 11.3 Å². The molecule has 1 heterocycles. The summed E-state index contributed by atoms with van der Waals surface area (Å²) in [6, 6.07) is 3.73. The van der Waals surface area contributed by atoms with Crippen LogP contribution >= 0.6 is 11.3 Å². The van der Waals surface area contributed by atoms with E-state index in [1.807, 2.05) is 12.3 Å². The van der Waals surface area contributed by atoms with E-state index >= 15 is 0 Å². The third kappa shape index (κ3) is 4.11. The number of carbonyl (C=O) groups excluding carboxylic acids is 1. The van der Waals surface area contributed by atoms with Gasteiger partial charge in [0.05, 0.1) is 32.9 Å². The van der Waals surface area contributed by atoms with Gasteiger partial charge in [-0.25, -0.2) is 14.2 Å². The first-order valence-electron chi connectivity index (χ1n) is 6.43. The molecule has 0 saturated carbocycles. The number of rotatable bonds is 4. The van der Waals surface area contributed by atoms with Crippen LogP contribution in [0, 0.1) is 12.7 Å². The summed E-state index contributed by atoms with van der Waals surface area (Å²) in [5.41, 5.74) is 1.13.